The van der Waals surface area contributed by atoms with Crippen LogP contribution in [0.1, 0.15) is 29.2 Å². The Morgan fingerprint density at radius 1 is 1.14 bits per heavy atom. The number of halogens is 4. The van der Waals surface area contributed by atoms with E-state index in [-0.39, 0.29) is 30.1 Å². The van der Waals surface area contributed by atoms with Crippen LogP contribution in [0, 0.1) is 0 Å². The summed E-state index contributed by atoms with van der Waals surface area (Å²) >= 11 is 5.91. The number of piperidine rings is 1. The van der Waals surface area contributed by atoms with Crippen LogP contribution in [0.3, 0.4) is 0 Å². The number of hydrogen-bond acceptors (Lipinski definition) is 4. The van der Waals surface area contributed by atoms with E-state index in [2.05, 4.69) is 15.6 Å². The lowest BCUT2D eigenvalue weighted by Gasteiger charge is -2.39. The molecule has 0 radical (unpaired) electrons. The molecule has 0 bridgehead atoms. The van der Waals surface area contributed by atoms with Gasteiger partial charge in [-0.1, -0.05) is 29.8 Å². The molecular weight excluding hydrogens is 493 g/mol. The molecule has 0 spiro atoms. The summed E-state index contributed by atoms with van der Waals surface area (Å²) in [6.07, 6.45) is -2.81. The Hall–Kier alpha value is -3.30. The minimum atomic E-state index is -4.52. The normalized spacial score (nSPS) is 18.5. The highest BCUT2D eigenvalue weighted by Crippen LogP contribution is 2.33. The van der Waals surface area contributed by atoms with Gasteiger partial charge in [0.25, 0.3) is 0 Å². The highest BCUT2D eigenvalue weighted by atomic mass is 35.5. The van der Waals surface area contributed by atoms with Gasteiger partial charge in [0.05, 0.1) is 7.11 Å². The van der Waals surface area contributed by atoms with Crippen molar-refractivity contribution in [1.82, 2.24) is 15.2 Å². The summed E-state index contributed by atoms with van der Waals surface area (Å²) in [6.45, 7) is 1.09. The lowest BCUT2D eigenvalue weighted by Crippen LogP contribution is -2.50. The van der Waals surface area contributed by atoms with E-state index in [4.69, 9.17) is 16.3 Å². The third-order valence-electron chi connectivity index (χ3n) is 6.21. The van der Waals surface area contributed by atoms with Gasteiger partial charge in [-0.25, -0.2) is 4.79 Å². The van der Waals surface area contributed by atoms with Crippen molar-refractivity contribution in [3.63, 3.8) is 0 Å². The molecule has 0 aliphatic carbocycles. The van der Waals surface area contributed by atoms with Crippen molar-refractivity contribution >= 4 is 23.3 Å². The molecule has 190 valence electrons. The quantitative estimate of drug-likeness (QED) is 0.424. The number of methoxy groups -OCH3 is 1. The Balaban J connectivity index is 1.51. The van der Waals surface area contributed by atoms with Gasteiger partial charge < -0.3 is 15.4 Å². The summed E-state index contributed by atoms with van der Waals surface area (Å²) in [5.41, 5.74) is 0.824. The minimum Gasteiger partial charge on any atom is -0.497 e. The Labute approximate surface area is 212 Å². The molecule has 4 rings (SSSR count). The van der Waals surface area contributed by atoms with Crippen LogP contribution in [0.25, 0.3) is 0 Å². The summed E-state index contributed by atoms with van der Waals surface area (Å²) < 4.78 is 45.7. The Morgan fingerprint density at radius 2 is 1.86 bits per heavy atom. The Kier molecular flexibility index (Phi) is 8.01. The number of pyridine rings is 1. The highest BCUT2D eigenvalue weighted by molar-refractivity contribution is 6.30. The van der Waals surface area contributed by atoms with Gasteiger partial charge in [-0.15, -0.1) is 0 Å². The van der Waals surface area contributed by atoms with Crippen LogP contribution in [0.15, 0.2) is 66.9 Å². The van der Waals surface area contributed by atoms with E-state index >= 15 is 0 Å². The van der Waals surface area contributed by atoms with Gasteiger partial charge >= 0.3 is 12.2 Å². The molecule has 2 amide bonds. The number of ether oxygens (including phenoxy) is 1. The molecule has 36 heavy (non-hydrogen) atoms. The van der Waals surface area contributed by atoms with Crippen LogP contribution < -0.4 is 15.4 Å². The second-order valence-electron chi connectivity index (χ2n) is 8.62. The second-order valence-corrected chi connectivity index (χ2v) is 9.06. The summed E-state index contributed by atoms with van der Waals surface area (Å²) in [6, 6.07) is 16.7. The number of aromatic nitrogens is 1. The fraction of sp³-hybridized carbons (Fsp3) is 0.308. The number of alkyl halides is 3. The van der Waals surface area contributed by atoms with Crippen molar-refractivity contribution in [1.29, 1.82) is 0 Å². The Morgan fingerprint density at radius 3 is 2.53 bits per heavy atom. The van der Waals surface area contributed by atoms with E-state index in [1.165, 1.54) is 12.1 Å². The van der Waals surface area contributed by atoms with Crippen LogP contribution in [0.4, 0.5) is 23.7 Å². The smallest absolute Gasteiger partial charge is 0.433 e. The van der Waals surface area contributed by atoms with Crippen molar-refractivity contribution < 1.29 is 22.7 Å². The lowest BCUT2D eigenvalue weighted by atomic mass is 9.85. The summed E-state index contributed by atoms with van der Waals surface area (Å²) in [4.78, 5) is 18.3. The van der Waals surface area contributed by atoms with Crippen molar-refractivity contribution in [2.75, 3.05) is 25.5 Å². The number of benzene rings is 2. The van der Waals surface area contributed by atoms with E-state index in [0.29, 0.717) is 36.0 Å². The molecule has 3 aromatic rings. The SMILES string of the molecule is COc1ccc(C2CN(Cc3cccnc3C(F)(F)F)CCC2NC(=O)Nc2ccc(Cl)cc2)cc1. The topological polar surface area (TPSA) is 66.5 Å². The number of carbonyl (C=O) groups excluding carboxylic acids is 1. The fourth-order valence-electron chi connectivity index (χ4n) is 4.46. The number of carbonyl (C=O) groups is 1. The number of anilines is 1. The summed E-state index contributed by atoms with van der Waals surface area (Å²) in [7, 11) is 1.58. The van der Waals surface area contributed by atoms with Crippen LogP contribution in [-0.2, 0) is 12.7 Å². The molecule has 2 aromatic carbocycles. The minimum absolute atomic E-state index is 0.110. The first-order chi connectivity index (χ1) is 17.2. The molecule has 10 heteroatoms. The zero-order valence-corrected chi connectivity index (χ0v) is 20.3. The van der Waals surface area contributed by atoms with Gasteiger partial charge in [0.1, 0.15) is 11.4 Å². The first-order valence-corrected chi connectivity index (χ1v) is 11.8. The molecule has 1 aromatic heterocycles. The van der Waals surface area contributed by atoms with E-state index in [1.807, 2.05) is 29.2 Å². The number of nitrogens with one attached hydrogen (secondary N) is 2. The van der Waals surface area contributed by atoms with Crippen LogP contribution >= 0.6 is 11.6 Å². The van der Waals surface area contributed by atoms with Crippen molar-refractivity contribution in [2.24, 2.45) is 0 Å². The predicted octanol–water partition coefficient (Wildman–Crippen LogP) is 5.94. The van der Waals surface area contributed by atoms with Gasteiger partial charge in [-0.05, 0) is 60.0 Å². The molecule has 2 heterocycles. The molecule has 2 unspecified atom stereocenters. The van der Waals surface area contributed by atoms with Crippen molar-refractivity contribution in [3.8, 4) is 5.75 Å². The first-order valence-electron chi connectivity index (χ1n) is 11.4. The van der Waals surface area contributed by atoms with Gasteiger partial charge in [0.15, 0.2) is 0 Å². The zero-order valence-electron chi connectivity index (χ0n) is 19.6. The standard InChI is InChI=1S/C26H26ClF3N4O2/c1-36-21-10-4-17(5-11-21)22-16-34(15-18-3-2-13-31-24(18)26(28,29)30)14-12-23(22)33-25(35)32-20-8-6-19(27)7-9-20/h2-11,13,22-23H,12,14-16H2,1H3,(H2,32,33,35). The first kappa shape index (κ1) is 25.8. The number of urea groups is 1. The average molecular weight is 519 g/mol. The van der Waals surface area contributed by atoms with Gasteiger partial charge in [-0.3, -0.25) is 9.88 Å². The molecule has 2 N–H and O–H groups in total. The summed E-state index contributed by atoms with van der Waals surface area (Å²) in [5, 5.41) is 6.42. The third kappa shape index (κ3) is 6.47. The van der Waals surface area contributed by atoms with E-state index in [9.17, 15) is 18.0 Å². The molecule has 2 atom stereocenters. The largest absolute Gasteiger partial charge is 0.497 e. The molecule has 1 fully saturated rings. The second kappa shape index (κ2) is 11.2. The number of hydrogen-bond donors (Lipinski definition) is 2. The molecule has 1 aliphatic heterocycles. The molecular formula is C26H26ClF3N4O2. The average Bonchev–Trinajstić information content (AvgIpc) is 2.86. The zero-order chi connectivity index (χ0) is 25.7. The summed E-state index contributed by atoms with van der Waals surface area (Å²) in [5.74, 6) is 0.549. The maximum absolute atomic E-state index is 13.5. The highest BCUT2D eigenvalue weighted by Gasteiger charge is 2.37. The van der Waals surface area contributed by atoms with E-state index in [0.717, 1.165) is 11.8 Å². The predicted molar refractivity (Wildman–Crippen MR) is 132 cm³/mol. The lowest BCUT2D eigenvalue weighted by molar-refractivity contribution is -0.142. The van der Waals surface area contributed by atoms with Crippen molar-refractivity contribution in [2.45, 2.75) is 31.1 Å². The fourth-order valence-corrected chi connectivity index (χ4v) is 4.58. The molecule has 1 aliphatic rings. The number of amides is 2. The number of nitrogens with zero attached hydrogens (tertiary/aromatic N) is 2. The number of likely N-dealkylation sites (tertiary alicyclic amines) is 1. The van der Waals surface area contributed by atoms with Gasteiger partial charge in [0.2, 0.25) is 0 Å². The Bertz CT molecular complexity index is 1170. The van der Waals surface area contributed by atoms with E-state index in [1.54, 1.807) is 31.4 Å². The number of rotatable bonds is 6. The molecule has 0 saturated carbocycles. The van der Waals surface area contributed by atoms with Crippen LogP contribution in [0.5, 0.6) is 5.75 Å². The maximum atomic E-state index is 13.5. The van der Waals surface area contributed by atoms with Gasteiger partial charge in [0, 0.05) is 48.5 Å². The van der Waals surface area contributed by atoms with Crippen molar-refractivity contribution in [3.05, 3.63) is 88.7 Å². The third-order valence-corrected chi connectivity index (χ3v) is 6.47. The molecule has 1 saturated heterocycles. The van der Waals surface area contributed by atoms with Crippen LogP contribution in [-0.4, -0.2) is 42.2 Å². The van der Waals surface area contributed by atoms with Crippen LogP contribution in [0.2, 0.25) is 5.02 Å². The van der Waals surface area contributed by atoms with Gasteiger partial charge in [-0.2, -0.15) is 13.2 Å². The maximum Gasteiger partial charge on any atom is 0.433 e. The van der Waals surface area contributed by atoms with E-state index < -0.39 is 11.9 Å². The monoisotopic (exact) mass is 518 g/mol. The molecule has 6 nitrogen and oxygen atoms in total.